The van der Waals surface area contributed by atoms with Crippen LogP contribution >= 0.6 is 12.4 Å². The number of carbonyl (C=O) groups is 1. The molecule has 0 spiro atoms. The molecule has 0 saturated carbocycles. The molecule has 1 rings (SSSR count). The Hall–Kier alpha value is -0.360. The molecule has 1 amide bonds. The van der Waals surface area contributed by atoms with Gasteiger partial charge >= 0.3 is 0 Å². The lowest BCUT2D eigenvalue weighted by atomic mass is 10.2. The van der Waals surface area contributed by atoms with Crippen molar-refractivity contribution in [2.24, 2.45) is 0 Å². The van der Waals surface area contributed by atoms with Crippen LogP contribution in [0.4, 0.5) is 0 Å². The maximum atomic E-state index is 11.7. The Labute approximate surface area is 96.5 Å². The van der Waals surface area contributed by atoms with Crippen LogP contribution in [0.5, 0.6) is 0 Å². The standard InChI is InChI=1S/C9H18N2O3.ClH/c1-11(4-6-13-2)9(12)8-7-10-3-5-14-8;/h8,10H,3-7H2,1-2H3;1H/t8-;/m0./s1. The number of likely N-dealkylation sites (N-methyl/N-ethyl adjacent to an activating group) is 1. The van der Waals surface area contributed by atoms with Crippen molar-refractivity contribution in [3.05, 3.63) is 0 Å². The summed E-state index contributed by atoms with van der Waals surface area (Å²) in [6, 6.07) is 0. The molecule has 1 atom stereocenters. The molecular formula is C9H19ClN2O3. The maximum absolute atomic E-state index is 11.7. The van der Waals surface area contributed by atoms with Gasteiger partial charge in [-0.3, -0.25) is 4.79 Å². The highest BCUT2D eigenvalue weighted by Gasteiger charge is 2.24. The third-order valence-electron chi connectivity index (χ3n) is 2.21. The van der Waals surface area contributed by atoms with Gasteiger partial charge in [0.2, 0.25) is 0 Å². The van der Waals surface area contributed by atoms with E-state index >= 15 is 0 Å². The largest absolute Gasteiger partial charge is 0.383 e. The van der Waals surface area contributed by atoms with Gasteiger partial charge in [-0.2, -0.15) is 0 Å². The zero-order valence-corrected chi connectivity index (χ0v) is 10.0. The van der Waals surface area contributed by atoms with Gasteiger partial charge in [-0.25, -0.2) is 0 Å². The molecule has 1 aliphatic heterocycles. The summed E-state index contributed by atoms with van der Waals surface area (Å²) < 4.78 is 10.2. The SMILES string of the molecule is COCCN(C)C(=O)[C@@H]1CNCCO1.Cl. The summed E-state index contributed by atoms with van der Waals surface area (Å²) in [5, 5.41) is 3.12. The second kappa shape index (κ2) is 7.87. The molecular weight excluding hydrogens is 220 g/mol. The molecule has 1 saturated heterocycles. The zero-order chi connectivity index (χ0) is 10.4. The van der Waals surface area contributed by atoms with Crippen LogP contribution in [-0.2, 0) is 14.3 Å². The molecule has 6 heteroatoms. The minimum atomic E-state index is -0.328. The number of methoxy groups -OCH3 is 1. The van der Waals surface area contributed by atoms with Gasteiger partial charge in [0.05, 0.1) is 13.2 Å². The Morgan fingerprint density at radius 1 is 1.67 bits per heavy atom. The van der Waals surface area contributed by atoms with E-state index in [2.05, 4.69) is 5.32 Å². The minimum absolute atomic E-state index is 0. The Balaban J connectivity index is 0.00000196. The molecule has 0 aromatic carbocycles. The van der Waals surface area contributed by atoms with E-state index in [0.717, 1.165) is 6.54 Å². The number of amides is 1. The van der Waals surface area contributed by atoms with E-state index in [-0.39, 0.29) is 24.4 Å². The van der Waals surface area contributed by atoms with Gasteiger partial charge in [0.1, 0.15) is 6.10 Å². The number of morpholine rings is 1. The fourth-order valence-electron chi connectivity index (χ4n) is 1.31. The van der Waals surface area contributed by atoms with E-state index < -0.39 is 0 Å². The topological polar surface area (TPSA) is 50.8 Å². The van der Waals surface area contributed by atoms with Crippen molar-refractivity contribution in [2.75, 3.05) is 47.0 Å². The van der Waals surface area contributed by atoms with Gasteiger partial charge in [-0.15, -0.1) is 12.4 Å². The Morgan fingerprint density at radius 3 is 2.93 bits per heavy atom. The van der Waals surface area contributed by atoms with Gasteiger partial charge in [0.15, 0.2) is 0 Å². The van der Waals surface area contributed by atoms with Gasteiger partial charge in [-0.1, -0.05) is 0 Å². The van der Waals surface area contributed by atoms with Crippen molar-refractivity contribution in [1.29, 1.82) is 0 Å². The summed E-state index contributed by atoms with van der Waals surface area (Å²) in [5.74, 6) is 0.0225. The predicted molar refractivity (Wildman–Crippen MR) is 59.4 cm³/mol. The van der Waals surface area contributed by atoms with Crippen LogP contribution in [-0.4, -0.2) is 63.9 Å². The molecule has 1 heterocycles. The predicted octanol–water partition coefficient (Wildman–Crippen LogP) is -0.499. The van der Waals surface area contributed by atoms with Crippen molar-refractivity contribution in [1.82, 2.24) is 10.2 Å². The Kier molecular flexibility index (Phi) is 7.68. The number of hydrogen-bond donors (Lipinski definition) is 1. The van der Waals surface area contributed by atoms with E-state index in [4.69, 9.17) is 9.47 Å². The molecule has 15 heavy (non-hydrogen) atoms. The molecule has 0 aliphatic carbocycles. The maximum Gasteiger partial charge on any atom is 0.252 e. The lowest BCUT2D eigenvalue weighted by Crippen LogP contribution is -2.48. The summed E-state index contributed by atoms with van der Waals surface area (Å²) in [7, 11) is 3.39. The Morgan fingerprint density at radius 2 is 2.40 bits per heavy atom. The average molecular weight is 239 g/mol. The number of halogens is 1. The number of nitrogens with one attached hydrogen (secondary N) is 1. The molecule has 0 bridgehead atoms. The normalized spacial score (nSPS) is 20.5. The van der Waals surface area contributed by atoms with Crippen LogP contribution in [0.1, 0.15) is 0 Å². The highest BCUT2D eigenvalue weighted by molar-refractivity contribution is 5.85. The molecule has 1 N–H and O–H groups in total. The summed E-state index contributed by atoms with van der Waals surface area (Å²) in [5.41, 5.74) is 0. The van der Waals surface area contributed by atoms with Crippen LogP contribution in [0.25, 0.3) is 0 Å². The summed E-state index contributed by atoms with van der Waals surface area (Å²) >= 11 is 0. The number of hydrogen-bond acceptors (Lipinski definition) is 4. The van der Waals surface area contributed by atoms with Crippen LogP contribution in [0.3, 0.4) is 0 Å². The number of carbonyl (C=O) groups excluding carboxylic acids is 1. The first-order chi connectivity index (χ1) is 6.75. The lowest BCUT2D eigenvalue weighted by Gasteiger charge is -2.27. The average Bonchev–Trinajstić information content (AvgIpc) is 2.26. The van der Waals surface area contributed by atoms with Crippen LogP contribution in [0, 0.1) is 0 Å². The van der Waals surface area contributed by atoms with Gasteiger partial charge in [0, 0.05) is 33.8 Å². The first-order valence-electron chi connectivity index (χ1n) is 4.82. The number of nitrogens with zero attached hydrogens (tertiary/aromatic N) is 1. The summed E-state index contributed by atoms with van der Waals surface area (Å²) in [4.78, 5) is 13.3. The second-order valence-corrected chi connectivity index (χ2v) is 3.32. The van der Waals surface area contributed by atoms with Crippen molar-refractivity contribution in [3.8, 4) is 0 Å². The van der Waals surface area contributed by atoms with E-state index in [9.17, 15) is 4.79 Å². The third-order valence-corrected chi connectivity index (χ3v) is 2.21. The van der Waals surface area contributed by atoms with E-state index in [0.29, 0.717) is 26.3 Å². The van der Waals surface area contributed by atoms with Crippen molar-refractivity contribution in [2.45, 2.75) is 6.10 Å². The Bertz CT molecular complexity index is 186. The summed E-state index contributed by atoms with van der Waals surface area (Å²) in [6.45, 7) is 3.20. The van der Waals surface area contributed by atoms with Crippen molar-refractivity contribution >= 4 is 18.3 Å². The monoisotopic (exact) mass is 238 g/mol. The molecule has 0 aromatic rings. The first kappa shape index (κ1) is 14.6. The molecule has 5 nitrogen and oxygen atoms in total. The molecule has 90 valence electrons. The van der Waals surface area contributed by atoms with Gasteiger partial charge < -0.3 is 19.7 Å². The molecule has 1 fully saturated rings. The van der Waals surface area contributed by atoms with Crippen molar-refractivity contribution in [3.63, 3.8) is 0 Å². The molecule has 0 aromatic heterocycles. The third kappa shape index (κ3) is 4.79. The van der Waals surface area contributed by atoms with Crippen molar-refractivity contribution < 1.29 is 14.3 Å². The molecule has 0 unspecified atom stereocenters. The zero-order valence-electron chi connectivity index (χ0n) is 9.19. The lowest BCUT2D eigenvalue weighted by molar-refractivity contribution is -0.144. The van der Waals surface area contributed by atoms with Crippen LogP contribution in [0.15, 0.2) is 0 Å². The van der Waals surface area contributed by atoms with E-state index in [1.807, 2.05) is 0 Å². The number of ether oxygens (including phenoxy) is 2. The van der Waals surface area contributed by atoms with Gasteiger partial charge in [-0.05, 0) is 0 Å². The first-order valence-corrected chi connectivity index (χ1v) is 4.82. The smallest absolute Gasteiger partial charge is 0.252 e. The highest BCUT2D eigenvalue weighted by atomic mass is 35.5. The minimum Gasteiger partial charge on any atom is -0.383 e. The number of rotatable bonds is 4. The second-order valence-electron chi connectivity index (χ2n) is 3.32. The van der Waals surface area contributed by atoms with Crippen LogP contribution < -0.4 is 5.32 Å². The molecule has 1 aliphatic rings. The quantitative estimate of drug-likeness (QED) is 0.718. The molecule has 0 radical (unpaired) electrons. The van der Waals surface area contributed by atoms with Crippen LogP contribution in [0.2, 0.25) is 0 Å². The highest BCUT2D eigenvalue weighted by Crippen LogP contribution is 2.00. The van der Waals surface area contributed by atoms with E-state index in [1.165, 1.54) is 0 Å². The summed E-state index contributed by atoms with van der Waals surface area (Å²) in [6.07, 6.45) is -0.328. The van der Waals surface area contributed by atoms with E-state index in [1.54, 1.807) is 19.1 Å². The fraction of sp³-hybridized carbons (Fsp3) is 0.889. The van der Waals surface area contributed by atoms with Gasteiger partial charge in [0.25, 0.3) is 5.91 Å². The fourth-order valence-corrected chi connectivity index (χ4v) is 1.31.